The van der Waals surface area contributed by atoms with Crippen molar-refractivity contribution in [1.82, 2.24) is 5.32 Å². The smallest absolute Gasteiger partial charge is 0.260 e. The zero-order valence-electron chi connectivity index (χ0n) is 13.6. The highest BCUT2D eigenvalue weighted by atomic mass is 35.5. The number of nitrogens with one attached hydrogen (secondary N) is 1. The minimum absolute atomic E-state index is 0.0604. The fourth-order valence-corrected chi connectivity index (χ4v) is 2.73. The van der Waals surface area contributed by atoms with E-state index in [1.165, 1.54) is 12.1 Å². The molecule has 0 saturated carbocycles. The predicted molar refractivity (Wildman–Crippen MR) is 96.1 cm³/mol. The maximum Gasteiger partial charge on any atom is 0.260 e. The molecule has 0 bridgehead atoms. The van der Waals surface area contributed by atoms with Crippen molar-refractivity contribution in [2.24, 2.45) is 5.14 Å². The Morgan fingerprint density at radius 2 is 1.76 bits per heavy atom. The summed E-state index contributed by atoms with van der Waals surface area (Å²) in [6.07, 6.45) is -0.0875. The number of ether oxygens (including phenoxy) is 1. The number of sulfonamides is 1. The Morgan fingerprint density at radius 1 is 1.16 bits per heavy atom. The highest BCUT2D eigenvalue weighted by Crippen LogP contribution is 2.16. The van der Waals surface area contributed by atoms with Crippen LogP contribution in [0.5, 0.6) is 5.75 Å². The second-order valence-electron chi connectivity index (χ2n) is 5.44. The first-order valence-electron chi connectivity index (χ1n) is 7.57. The predicted octanol–water partition coefficient (Wildman–Crippen LogP) is 2.11. The van der Waals surface area contributed by atoms with Crippen LogP contribution in [-0.2, 0) is 21.2 Å². The van der Waals surface area contributed by atoms with Crippen LogP contribution >= 0.6 is 11.6 Å². The largest absolute Gasteiger partial charge is 0.481 e. The van der Waals surface area contributed by atoms with Crippen molar-refractivity contribution >= 4 is 27.5 Å². The van der Waals surface area contributed by atoms with Crippen molar-refractivity contribution in [1.29, 1.82) is 0 Å². The summed E-state index contributed by atoms with van der Waals surface area (Å²) in [6.45, 7) is 2.06. The van der Waals surface area contributed by atoms with Crippen LogP contribution in [0, 0.1) is 0 Å². The van der Waals surface area contributed by atoms with Gasteiger partial charge < -0.3 is 10.1 Å². The number of hydrogen-bond donors (Lipinski definition) is 2. The Labute approximate surface area is 152 Å². The summed E-state index contributed by atoms with van der Waals surface area (Å²) in [5.74, 6) is 0.321. The van der Waals surface area contributed by atoms with Crippen molar-refractivity contribution in [3.8, 4) is 5.75 Å². The SMILES string of the molecule is CC(Oc1ccc(Cl)cc1)C(=O)NCCc1ccc(S(N)(=O)=O)cc1. The summed E-state index contributed by atoms with van der Waals surface area (Å²) < 4.78 is 27.9. The standard InChI is InChI=1S/C17H19ClN2O4S/c1-12(24-15-6-4-14(18)5-7-15)17(21)20-11-10-13-2-8-16(9-3-13)25(19,22)23/h2-9,12H,10-11H2,1H3,(H,20,21)(H2,19,22,23). The number of carbonyl (C=O) groups is 1. The van der Waals surface area contributed by atoms with Gasteiger partial charge in [-0.2, -0.15) is 0 Å². The lowest BCUT2D eigenvalue weighted by molar-refractivity contribution is -0.127. The Bertz CT molecular complexity index is 821. The molecule has 0 aliphatic heterocycles. The average Bonchev–Trinajstić information content (AvgIpc) is 2.56. The van der Waals surface area contributed by atoms with E-state index in [4.69, 9.17) is 21.5 Å². The molecule has 8 heteroatoms. The molecule has 0 saturated heterocycles. The van der Waals surface area contributed by atoms with Gasteiger partial charge in [0.1, 0.15) is 5.75 Å². The van der Waals surface area contributed by atoms with E-state index in [1.54, 1.807) is 43.3 Å². The molecule has 3 N–H and O–H groups in total. The van der Waals surface area contributed by atoms with Crippen molar-refractivity contribution in [2.45, 2.75) is 24.3 Å². The molecule has 0 spiro atoms. The lowest BCUT2D eigenvalue weighted by atomic mass is 10.1. The van der Waals surface area contributed by atoms with Crippen LogP contribution in [0.4, 0.5) is 0 Å². The van der Waals surface area contributed by atoms with Crippen molar-refractivity contribution in [3.05, 3.63) is 59.1 Å². The molecule has 2 aromatic rings. The molecule has 0 aliphatic rings. The van der Waals surface area contributed by atoms with Crippen LogP contribution in [0.25, 0.3) is 0 Å². The molecule has 0 radical (unpaired) electrons. The number of nitrogens with two attached hydrogens (primary N) is 1. The van der Waals surface area contributed by atoms with Gasteiger partial charge >= 0.3 is 0 Å². The number of halogens is 1. The van der Waals surface area contributed by atoms with E-state index in [2.05, 4.69) is 5.32 Å². The van der Waals surface area contributed by atoms with Gasteiger partial charge in [0.15, 0.2) is 6.10 Å². The summed E-state index contributed by atoms with van der Waals surface area (Å²) in [5.41, 5.74) is 0.888. The van der Waals surface area contributed by atoms with E-state index in [0.717, 1.165) is 5.56 Å². The zero-order valence-corrected chi connectivity index (χ0v) is 15.2. The first-order chi connectivity index (χ1) is 11.8. The van der Waals surface area contributed by atoms with E-state index in [0.29, 0.717) is 23.7 Å². The molecule has 2 rings (SSSR count). The number of hydrogen-bond acceptors (Lipinski definition) is 4. The van der Waals surface area contributed by atoms with Crippen LogP contribution in [0.1, 0.15) is 12.5 Å². The van der Waals surface area contributed by atoms with Gasteiger partial charge in [0, 0.05) is 11.6 Å². The second-order valence-corrected chi connectivity index (χ2v) is 7.44. The maximum absolute atomic E-state index is 12.0. The molecule has 134 valence electrons. The third-order valence-electron chi connectivity index (χ3n) is 3.46. The Hall–Kier alpha value is -2.09. The molecule has 25 heavy (non-hydrogen) atoms. The van der Waals surface area contributed by atoms with Gasteiger partial charge in [-0.15, -0.1) is 0 Å². The highest BCUT2D eigenvalue weighted by molar-refractivity contribution is 7.89. The molecule has 1 unspecified atom stereocenters. The van der Waals surface area contributed by atoms with Crippen LogP contribution < -0.4 is 15.2 Å². The number of rotatable bonds is 7. The summed E-state index contributed by atoms with van der Waals surface area (Å²) >= 11 is 5.80. The lowest BCUT2D eigenvalue weighted by Crippen LogP contribution is -2.37. The van der Waals surface area contributed by atoms with E-state index in [9.17, 15) is 13.2 Å². The molecular formula is C17H19ClN2O4S. The van der Waals surface area contributed by atoms with Crippen LogP contribution in [-0.4, -0.2) is 27.0 Å². The monoisotopic (exact) mass is 382 g/mol. The van der Waals surface area contributed by atoms with E-state index >= 15 is 0 Å². The van der Waals surface area contributed by atoms with Crippen LogP contribution in [0.2, 0.25) is 5.02 Å². The van der Waals surface area contributed by atoms with Gasteiger partial charge in [0.25, 0.3) is 5.91 Å². The van der Waals surface area contributed by atoms with E-state index in [1.807, 2.05) is 0 Å². The number of primary sulfonamides is 1. The van der Waals surface area contributed by atoms with Crippen molar-refractivity contribution < 1.29 is 17.9 Å². The Balaban J connectivity index is 1.80. The third kappa shape index (κ3) is 6.04. The molecule has 6 nitrogen and oxygen atoms in total. The molecule has 1 atom stereocenters. The number of amides is 1. The van der Waals surface area contributed by atoms with E-state index in [-0.39, 0.29) is 10.8 Å². The quantitative estimate of drug-likeness (QED) is 0.766. The van der Waals surface area contributed by atoms with Gasteiger partial charge in [-0.1, -0.05) is 23.7 Å². The van der Waals surface area contributed by atoms with Crippen molar-refractivity contribution in [3.63, 3.8) is 0 Å². The molecular weight excluding hydrogens is 364 g/mol. The zero-order chi connectivity index (χ0) is 18.4. The highest BCUT2D eigenvalue weighted by Gasteiger charge is 2.14. The number of carbonyl (C=O) groups excluding carboxylic acids is 1. The van der Waals surface area contributed by atoms with Crippen LogP contribution in [0.15, 0.2) is 53.4 Å². The average molecular weight is 383 g/mol. The Morgan fingerprint density at radius 3 is 2.32 bits per heavy atom. The Kier molecular flexibility index (Phi) is 6.41. The summed E-state index contributed by atoms with van der Waals surface area (Å²) in [6, 6.07) is 13.0. The minimum atomic E-state index is -3.69. The fourth-order valence-electron chi connectivity index (χ4n) is 2.09. The molecule has 2 aromatic carbocycles. The molecule has 0 heterocycles. The molecule has 0 fully saturated rings. The first-order valence-corrected chi connectivity index (χ1v) is 9.50. The summed E-state index contributed by atoms with van der Waals surface area (Å²) in [4.78, 5) is 12.1. The molecule has 0 aromatic heterocycles. The third-order valence-corrected chi connectivity index (χ3v) is 4.64. The van der Waals surface area contributed by atoms with Crippen LogP contribution in [0.3, 0.4) is 0 Å². The normalized spacial score (nSPS) is 12.4. The molecule has 0 aliphatic carbocycles. The number of benzene rings is 2. The maximum atomic E-state index is 12.0. The van der Waals surface area contributed by atoms with Gasteiger partial charge in [-0.05, 0) is 55.3 Å². The summed E-state index contributed by atoms with van der Waals surface area (Å²) in [7, 11) is -3.69. The minimum Gasteiger partial charge on any atom is -0.481 e. The van der Waals surface area contributed by atoms with E-state index < -0.39 is 16.1 Å². The van der Waals surface area contributed by atoms with Gasteiger partial charge in [-0.25, -0.2) is 13.6 Å². The van der Waals surface area contributed by atoms with Gasteiger partial charge in [0.05, 0.1) is 4.90 Å². The lowest BCUT2D eigenvalue weighted by Gasteiger charge is -2.14. The topological polar surface area (TPSA) is 98.5 Å². The fraction of sp³-hybridized carbons (Fsp3) is 0.235. The molecule has 1 amide bonds. The van der Waals surface area contributed by atoms with Crippen molar-refractivity contribution in [2.75, 3.05) is 6.54 Å². The summed E-state index contributed by atoms with van der Waals surface area (Å²) in [5, 5.41) is 8.42. The van der Waals surface area contributed by atoms with Gasteiger partial charge in [-0.3, -0.25) is 4.79 Å². The second kappa shape index (κ2) is 8.33. The first kappa shape index (κ1) is 19.2. The van der Waals surface area contributed by atoms with Gasteiger partial charge in [0.2, 0.25) is 10.0 Å².